The van der Waals surface area contributed by atoms with Gasteiger partial charge >= 0.3 is 0 Å². The SMILES string of the molecule is CN(C#N)C1CCC1. The van der Waals surface area contributed by atoms with Crippen molar-refractivity contribution in [1.29, 1.82) is 5.26 Å². The lowest BCUT2D eigenvalue weighted by Crippen LogP contribution is -2.33. The van der Waals surface area contributed by atoms with Crippen molar-refractivity contribution in [2.24, 2.45) is 0 Å². The molecule has 2 nitrogen and oxygen atoms in total. The fraction of sp³-hybridized carbons (Fsp3) is 0.833. The quantitative estimate of drug-likeness (QED) is 0.371. The van der Waals surface area contributed by atoms with Gasteiger partial charge in [-0.05, 0) is 19.3 Å². The first-order valence-corrected chi connectivity index (χ1v) is 2.97. The molecule has 0 N–H and O–H groups in total. The number of nitrogens with zero attached hydrogens (tertiary/aromatic N) is 2. The van der Waals surface area contributed by atoms with Gasteiger partial charge in [0.25, 0.3) is 0 Å². The maximum Gasteiger partial charge on any atom is 0.179 e. The van der Waals surface area contributed by atoms with Gasteiger partial charge in [-0.1, -0.05) is 0 Å². The molecular weight excluding hydrogens is 100 g/mol. The van der Waals surface area contributed by atoms with Crippen LogP contribution in [0.1, 0.15) is 19.3 Å². The molecule has 0 spiro atoms. The van der Waals surface area contributed by atoms with E-state index in [-0.39, 0.29) is 0 Å². The van der Waals surface area contributed by atoms with Crippen LogP contribution in [0.3, 0.4) is 0 Å². The number of hydrogen-bond donors (Lipinski definition) is 0. The Kier molecular flexibility index (Phi) is 1.38. The van der Waals surface area contributed by atoms with E-state index in [9.17, 15) is 0 Å². The predicted molar refractivity (Wildman–Crippen MR) is 31.0 cm³/mol. The smallest absolute Gasteiger partial charge is 0.179 e. The van der Waals surface area contributed by atoms with Crippen LogP contribution in [-0.4, -0.2) is 18.0 Å². The van der Waals surface area contributed by atoms with Crippen molar-refractivity contribution in [2.75, 3.05) is 7.05 Å². The molecule has 0 aromatic carbocycles. The minimum absolute atomic E-state index is 0.569. The van der Waals surface area contributed by atoms with E-state index >= 15 is 0 Å². The van der Waals surface area contributed by atoms with Crippen molar-refractivity contribution in [2.45, 2.75) is 25.3 Å². The van der Waals surface area contributed by atoms with E-state index in [0.29, 0.717) is 6.04 Å². The van der Waals surface area contributed by atoms with E-state index in [4.69, 9.17) is 5.26 Å². The second-order valence-corrected chi connectivity index (χ2v) is 2.30. The maximum atomic E-state index is 8.35. The average Bonchev–Trinajstić information content (AvgIpc) is 1.62. The molecule has 0 bridgehead atoms. The van der Waals surface area contributed by atoms with E-state index in [0.717, 1.165) is 0 Å². The van der Waals surface area contributed by atoms with Gasteiger partial charge in [0.05, 0.1) is 0 Å². The van der Waals surface area contributed by atoms with Gasteiger partial charge in [-0.2, -0.15) is 5.26 Å². The lowest BCUT2D eigenvalue weighted by atomic mass is 9.92. The third-order valence-electron chi connectivity index (χ3n) is 1.78. The summed E-state index contributed by atoms with van der Waals surface area (Å²) in [6.07, 6.45) is 5.83. The topological polar surface area (TPSA) is 27.0 Å². The van der Waals surface area contributed by atoms with Crippen molar-refractivity contribution in [3.05, 3.63) is 0 Å². The van der Waals surface area contributed by atoms with Gasteiger partial charge in [-0.3, -0.25) is 0 Å². The molecule has 0 atom stereocenters. The van der Waals surface area contributed by atoms with Crippen molar-refractivity contribution in [3.8, 4) is 6.19 Å². The highest BCUT2D eigenvalue weighted by molar-refractivity contribution is 4.84. The van der Waals surface area contributed by atoms with Crippen LogP contribution in [0.5, 0.6) is 0 Å². The summed E-state index contributed by atoms with van der Waals surface area (Å²) in [5.74, 6) is 0. The molecule has 1 aliphatic rings. The Morgan fingerprint density at radius 2 is 2.25 bits per heavy atom. The summed E-state index contributed by atoms with van der Waals surface area (Å²) in [5.41, 5.74) is 0. The Bertz CT molecular complexity index is 110. The molecule has 0 aliphatic heterocycles. The first-order valence-electron chi connectivity index (χ1n) is 2.97. The standard InChI is InChI=1S/C6H10N2/c1-8(5-7)6-3-2-4-6/h6H,2-4H2,1H3. The number of nitriles is 1. The van der Waals surface area contributed by atoms with E-state index in [1.807, 2.05) is 7.05 Å². The van der Waals surface area contributed by atoms with Gasteiger partial charge in [-0.25, -0.2) is 0 Å². The molecule has 0 radical (unpaired) electrons. The van der Waals surface area contributed by atoms with E-state index in [2.05, 4.69) is 6.19 Å². The number of rotatable bonds is 1. The van der Waals surface area contributed by atoms with Gasteiger partial charge in [0, 0.05) is 13.1 Å². The van der Waals surface area contributed by atoms with Crippen LogP contribution in [0.4, 0.5) is 0 Å². The highest BCUT2D eigenvalue weighted by atomic mass is 15.1. The first-order chi connectivity index (χ1) is 3.84. The summed E-state index contributed by atoms with van der Waals surface area (Å²) in [6.45, 7) is 0. The molecule has 2 heteroatoms. The highest BCUT2D eigenvalue weighted by Gasteiger charge is 2.20. The first kappa shape index (κ1) is 5.43. The molecule has 0 unspecified atom stereocenters. The Morgan fingerprint density at radius 3 is 2.38 bits per heavy atom. The third kappa shape index (κ3) is 0.764. The second-order valence-electron chi connectivity index (χ2n) is 2.30. The van der Waals surface area contributed by atoms with Gasteiger partial charge in [0.1, 0.15) is 0 Å². The monoisotopic (exact) mass is 110 g/mol. The molecule has 0 amide bonds. The molecule has 0 saturated heterocycles. The largest absolute Gasteiger partial charge is 0.311 e. The van der Waals surface area contributed by atoms with Gasteiger partial charge in [0.15, 0.2) is 6.19 Å². The lowest BCUT2D eigenvalue weighted by Gasteiger charge is -2.30. The molecule has 1 saturated carbocycles. The Morgan fingerprint density at radius 1 is 1.62 bits per heavy atom. The zero-order valence-corrected chi connectivity index (χ0v) is 5.09. The lowest BCUT2D eigenvalue weighted by molar-refractivity contribution is 0.226. The average molecular weight is 110 g/mol. The molecular formula is C6H10N2. The molecule has 0 aromatic heterocycles. The Balaban J connectivity index is 2.26. The Labute approximate surface area is 49.7 Å². The van der Waals surface area contributed by atoms with Gasteiger partial charge in [0.2, 0.25) is 0 Å². The summed E-state index contributed by atoms with van der Waals surface area (Å²) in [7, 11) is 1.85. The summed E-state index contributed by atoms with van der Waals surface area (Å²) in [4.78, 5) is 1.74. The second kappa shape index (κ2) is 2.04. The summed E-state index contributed by atoms with van der Waals surface area (Å²) in [6, 6.07) is 0.569. The van der Waals surface area contributed by atoms with Crippen molar-refractivity contribution in [3.63, 3.8) is 0 Å². The minimum atomic E-state index is 0.569. The predicted octanol–water partition coefficient (Wildman–Crippen LogP) is 0.952. The van der Waals surface area contributed by atoms with Crippen LogP contribution in [-0.2, 0) is 0 Å². The van der Waals surface area contributed by atoms with Crippen molar-refractivity contribution >= 4 is 0 Å². The fourth-order valence-electron chi connectivity index (χ4n) is 0.856. The zero-order chi connectivity index (χ0) is 5.98. The summed E-state index contributed by atoms with van der Waals surface area (Å²) in [5, 5.41) is 8.35. The van der Waals surface area contributed by atoms with Crippen molar-refractivity contribution in [1.82, 2.24) is 4.90 Å². The maximum absolute atomic E-state index is 8.35. The molecule has 0 heterocycles. The molecule has 1 aliphatic carbocycles. The molecule has 1 fully saturated rings. The zero-order valence-electron chi connectivity index (χ0n) is 5.09. The van der Waals surface area contributed by atoms with Crippen LogP contribution < -0.4 is 0 Å². The van der Waals surface area contributed by atoms with E-state index in [1.54, 1.807) is 4.90 Å². The fourth-order valence-corrected chi connectivity index (χ4v) is 0.856. The van der Waals surface area contributed by atoms with E-state index < -0.39 is 0 Å². The van der Waals surface area contributed by atoms with Crippen molar-refractivity contribution < 1.29 is 0 Å². The van der Waals surface area contributed by atoms with Crippen LogP contribution in [0.15, 0.2) is 0 Å². The van der Waals surface area contributed by atoms with Crippen LogP contribution in [0.25, 0.3) is 0 Å². The van der Waals surface area contributed by atoms with Crippen LogP contribution >= 0.6 is 0 Å². The molecule has 8 heavy (non-hydrogen) atoms. The summed E-state index contributed by atoms with van der Waals surface area (Å²) >= 11 is 0. The van der Waals surface area contributed by atoms with Crippen LogP contribution in [0, 0.1) is 11.5 Å². The normalized spacial score (nSPS) is 19.0. The molecule has 1 rings (SSSR count). The van der Waals surface area contributed by atoms with Crippen LogP contribution in [0.2, 0.25) is 0 Å². The van der Waals surface area contributed by atoms with Gasteiger partial charge in [-0.15, -0.1) is 0 Å². The summed E-state index contributed by atoms with van der Waals surface area (Å²) < 4.78 is 0. The van der Waals surface area contributed by atoms with Gasteiger partial charge < -0.3 is 4.90 Å². The molecule has 0 aromatic rings. The number of hydrogen-bond acceptors (Lipinski definition) is 2. The molecule has 44 valence electrons. The minimum Gasteiger partial charge on any atom is -0.311 e. The third-order valence-corrected chi connectivity index (χ3v) is 1.78. The van der Waals surface area contributed by atoms with E-state index in [1.165, 1.54) is 19.3 Å². The Hall–Kier alpha value is -0.710. The highest BCUT2D eigenvalue weighted by Crippen LogP contribution is 2.22.